The van der Waals surface area contributed by atoms with Crippen LogP contribution >= 0.6 is 11.8 Å². The summed E-state index contributed by atoms with van der Waals surface area (Å²) in [5.74, 6) is 3.23. The van der Waals surface area contributed by atoms with E-state index in [1.165, 1.54) is 0 Å². The number of hydrogen-bond donors (Lipinski definition) is 1. The predicted molar refractivity (Wildman–Crippen MR) is 90.0 cm³/mol. The number of hydrogen-bond acceptors (Lipinski definition) is 5. The first kappa shape index (κ1) is 15.6. The summed E-state index contributed by atoms with van der Waals surface area (Å²) in [6.45, 7) is 0.568. The molecule has 1 N–H and O–H groups in total. The topological polar surface area (TPSA) is 64.6 Å². The number of fused-ring (bicyclic) bond motifs is 1. The fourth-order valence-electron chi connectivity index (χ4n) is 2.20. The second-order valence-electron chi connectivity index (χ2n) is 4.88. The lowest BCUT2D eigenvalue weighted by molar-refractivity contribution is 0.0930. The molecule has 0 aliphatic carbocycles. The number of carbonyl (C=O) groups excluding carboxylic acids is 1. The van der Waals surface area contributed by atoms with Crippen molar-refractivity contribution in [3.8, 4) is 5.75 Å². The fraction of sp³-hybridized carbons (Fsp3) is 0.235. The molecule has 0 aliphatic heterocycles. The summed E-state index contributed by atoms with van der Waals surface area (Å²) < 4.78 is 16.1. The second kappa shape index (κ2) is 7.28. The molecule has 0 bridgehead atoms. The van der Waals surface area contributed by atoms with Crippen LogP contribution in [0, 0.1) is 0 Å². The Morgan fingerprint density at radius 3 is 3.00 bits per heavy atom. The number of para-hydroxylation sites is 1. The molecule has 0 fully saturated rings. The van der Waals surface area contributed by atoms with Crippen molar-refractivity contribution in [2.45, 2.75) is 5.75 Å². The summed E-state index contributed by atoms with van der Waals surface area (Å²) in [4.78, 5) is 12.1. The van der Waals surface area contributed by atoms with Crippen molar-refractivity contribution < 1.29 is 18.4 Å². The Kier molecular flexibility index (Phi) is 4.92. The number of ether oxygens (including phenoxy) is 1. The average molecular weight is 331 g/mol. The Morgan fingerprint density at radius 1 is 1.30 bits per heavy atom. The minimum absolute atomic E-state index is 0.221. The highest BCUT2D eigenvalue weighted by molar-refractivity contribution is 7.98. The Morgan fingerprint density at radius 2 is 2.22 bits per heavy atom. The van der Waals surface area contributed by atoms with Gasteiger partial charge in [-0.1, -0.05) is 12.1 Å². The van der Waals surface area contributed by atoms with Gasteiger partial charge in [-0.3, -0.25) is 4.79 Å². The molecule has 0 saturated carbocycles. The molecule has 120 valence electrons. The first-order chi connectivity index (χ1) is 11.3. The maximum absolute atomic E-state index is 12.1. The number of methoxy groups -OCH3 is 1. The van der Waals surface area contributed by atoms with Crippen LogP contribution in [0.5, 0.6) is 5.75 Å². The molecular formula is C17H17NO4S. The van der Waals surface area contributed by atoms with Gasteiger partial charge >= 0.3 is 0 Å². The number of furan rings is 2. The largest absolute Gasteiger partial charge is 0.493 e. The van der Waals surface area contributed by atoms with Gasteiger partial charge in [0.1, 0.15) is 5.76 Å². The lowest BCUT2D eigenvalue weighted by Gasteiger charge is -2.02. The van der Waals surface area contributed by atoms with E-state index >= 15 is 0 Å². The average Bonchev–Trinajstić information content (AvgIpc) is 3.23. The molecule has 2 heterocycles. The smallest absolute Gasteiger partial charge is 0.287 e. The third-order valence-corrected chi connectivity index (χ3v) is 4.29. The van der Waals surface area contributed by atoms with Crippen LogP contribution in [0.25, 0.3) is 11.0 Å². The Hall–Kier alpha value is -2.34. The maximum Gasteiger partial charge on any atom is 0.287 e. The van der Waals surface area contributed by atoms with Gasteiger partial charge in [-0.25, -0.2) is 0 Å². The van der Waals surface area contributed by atoms with Crippen molar-refractivity contribution in [3.05, 3.63) is 54.2 Å². The van der Waals surface area contributed by atoms with Gasteiger partial charge in [-0.15, -0.1) is 0 Å². The SMILES string of the molecule is COc1cccc2cc(C(=O)NCCSCc3ccco3)oc12. The summed E-state index contributed by atoms with van der Waals surface area (Å²) in [5, 5.41) is 3.70. The van der Waals surface area contributed by atoms with E-state index < -0.39 is 0 Å². The minimum Gasteiger partial charge on any atom is -0.493 e. The van der Waals surface area contributed by atoms with Crippen molar-refractivity contribution in [2.24, 2.45) is 0 Å². The van der Waals surface area contributed by atoms with Crippen molar-refractivity contribution in [1.82, 2.24) is 5.32 Å². The monoisotopic (exact) mass is 331 g/mol. The quantitative estimate of drug-likeness (QED) is 0.669. The first-order valence-electron chi connectivity index (χ1n) is 7.23. The highest BCUT2D eigenvalue weighted by Gasteiger charge is 2.14. The molecule has 3 rings (SSSR count). The molecule has 1 amide bonds. The van der Waals surface area contributed by atoms with Gasteiger partial charge in [0.2, 0.25) is 0 Å². The van der Waals surface area contributed by atoms with E-state index in [1.54, 1.807) is 37.3 Å². The zero-order valence-electron chi connectivity index (χ0n) is 12.7. The highest BCUT2D eigenvalue weighted by Crippen LogP contribution is 2.28. The lowest BCUT2D eigenvalue weighted by atomic mass is 10.2. The molecule has 6 heteroatoms. The molecule has 0 spiro atoms. The summed E-state index contributed by atoms with van der Waals surface area (Å²) in [6, 6.07) is 11.1. The molecule has 0 aliphatic rings. The van der Waals surface area contributed by atoms with Crippen LogP contribution in [0.3, 0.4) is 0 Å². The van der Waals surface area contributed by atoms with Crippen molar-refractivity contribution >= 4 is 28.6 Å². The highest BCUT2D eigenvalue weighted by atomic mass is 32.2. The van der Waals surface area contributed by atoms with Gasteiger partial charge in [0.05, 0.1) is 19.1 Å². The van der Waals surface area contributed by atoms with Crippen LogP contribution in [0.4, 0.5) is 0 Å². The van der Waals surface area contributed by atoms with Gasteiger partial charge in [0.25, 0.3) is 5.91 Å². The van der Waals surface area contributed by atoms with Crippen molar-refractivity contribution in [1.29, 1.82) is 0 Å². The fourth-order valence-corrected chi connectivity index (χ4v) is 2.96. The van der Waals surface area contributed by atoms with Gasteiger partial charge in [-0.2, -0.15) is 11.8 Å². The number of thioether (sulfide) groups is 1. The van der Waals surface area contributed by atoms with Crippen LogP contribution in [-0.2, 0) is 5.75 Å². The molecule has 1 aromatic carbocycles. The third-order valence-electron chi connectivity index (χ3n) is 3.31. The second-order valence-corrected chi connectivity index (χ2v) is 5.98. The number of carbonyl (C=O) groups is 1. The zero-order chi connectivity index (χ0) is 16.1. The van der Waals surface area contributed by atoms with Gasteiger partial charge in [0.15, 0.2) is 17.1 Å². The minimum atomic E-state index is -0.221. The number of rotatable bonds is 7. The molecule has 3 aromatic rings. The molecule has 0 unspecified atom stereocenters. The summed E-state index contributed by atoms with van der Waals surface area (Å²) in [5.41, 5.74) is 0.590. The molecular weight excluding hydrogens is 314 g/mol. The van der Waals surface area contributed by atoms with E-state index in [2.05, 4.69) is 5.32 Å². The summed E-state index contributed by atoms with van der Waals surface area (Å²) in [6.07, 6.45) is 1.66. The van der Waals surface area contributed by atoms with Gasteiger partial charge in [0, 0.05) is 17.7 Å². The van der Waals surface area contributed by atoms with E-state index in [9.17, 15) is 4.79 Å². The maximum atomic E-state index is 12.1. The van der Waals surface area contributed by atoms with Crippen LogP contribution in [0.1, 0.15) is 16.3 Å². The number of amides is 1. The molecule has 0 atom stereocenters. The molecule has 2 aromatic heterocycles. The normalized spacial score (nSPS) is 10.8. The van der Waals surface area contributed by atoms with Crippen LogP contribution < -0.4 is 10.1 Å². The van der Waals surface area contributed by atoms with E-state index in [4.69, 9.17) is 13.6 Å². The Balaban J connectivity index is 1.52. The van der Waals surface area contributed by atoms with Crippen molar-refractivity contribution in [2.75, 3.05) is 19.4 Å². The summed E-state index contributed by atoms with van der Waals surface area (Å²) in [7, 11) is 1.58. The number of nitrogens with one attached hydrogen (secondary N) is 1. The summed E-state index contributed by atoms with van der Waals surface area (Å²) >= 11 is 1.70. The lowest BCUT2D eigenvalue weighted by Crippen LogP contribution is -2.25. The predicted octanol–water partition coefficient (Wildman–Crippen LogP) is 3.70. The van der Waals surface area contributed by atoms with E-state index in [1.807, 2.05) is 24.3 Å². The van der Waals surface area contributed by atoms with Crippen molar-refractivity contribution in [3.63, 3.8) is 0 Å². The van der Waals surface area contributed by atoms with E-state index in [-0.39, 0.29) is 5.91 Å². The molecule has 0 saturated heterocycles. The zero-order valence-corrected chi connectivity index (χ0v) is 13.5. The van der Waals surface area contributed by atoms with E-state index in [0.29, 0.717) is 23.6 Å². The molecule has 0 radical (unpaired) electrons. The molecule has 5 nitrogen and oxygen atoms in total. The first-order valence-corrected chi connectivity index (χ1v) is 8.38. The van der Waals surface area contributed by atoms with Gasteiger partial charge < -0.3 is 18.9 Å². The van der Waals surface area contributed by atoms with E-state index in [0.717, 1.165) is 22.7 Å². The standard InChI is InChI=1S/C17H17NO4S/c1-20-14-6-2-4-12-10-15(22-16(12)14)17(19)18-7-9-23-11-13-5-3-8-21-13/h2-6,8,10H,7,9,11H2,1H3,(H,18,19). The van der Waals surface area contributed by atoms with Gasteiger partial charge in [-0.05, 0) is 24.3 Å². The Labute approximate surface area is 138 Å². The van der Waals surface area contributed by atoms with Crippen LogP contribution in [-0.4, -0.2) is 25.3 Å². The third kappa shape index (κ3) is 3.71. The Bertz CT molecular complexity index is 779. The van der Waals surface area contributed by atoms with Crippen LogP contribution in [0.15, 0.2) is 51.5 Å². The van der Waals surface area contributed by atoms with Crippen LogP contribution in [0.2, 0.25) is 0 Å². The molecule has 23 heavy (non-hydrogen) atoms. The number of benzene rings is 1.